The molecule has 0 fully saturated rings. The lowest BCUT2D eigenvalue weighted by molar-refractivity contribution is -0.114. The molecule has 1 amide bonds. The zero-order valence-corrected chi connectivity index (χ0v) is 18.0. The number of hydrogen-bond acceptors (Lipinski definition) is 3. The highest BCUT2D eigenvalue weighted by Crippen LogP contribution is 2.16. The van der Waals surface area contributed by atoms with E-state index >= 15 is 0 Å². The molecule has 146 valence electrons. The van der Waals surface area contributed by atoms with Crippen molar-refractivity contribution in [2.75, 3.05) is 25.0 Å². The fourth-order valence-corrected chi connectivity index (χ4v) is 2.30. The summed E-state index contributed by atoms with van der Waals surface area (Å²) in [6.07, 6.45) is 0. The largest absolute Gasteiger partial charge is 0.492 e. The van der Waals surface area contributed by atoms with Crippen molar-refractivity contribution < 1.29 is 9.53 Å². The molecule has 27 heavy (non-hydrogen) atoms. The van der Waals surface area contributed by atoms with E-state index in [2.05, 4.69) is 33.1 Å². The van der Waals surface area contributed by atoms with Crippen LogP contribution in [0.2, 0.25) is 0 Å². The summed E-state index contributed by atoms with van der Waals surface area (Å²) in [7, 11) is 0. The van der Waals surface area contributed by atoms with Gasteiger partial charge in [-0.05, 0) is 24.6 Å². The number of rotatable bonds is 8. The van der Waals surface area contributed by atoms with E-state index in [1.54, 1.807) is 6.07 Å². The number of nitrogens with one attached hydrogen (secondary N) is 3. The maximum atomic E-state index is 11.1. The monoisotopic (exact) mass is 482 g/mol. The Morgan fingerprint density at radius 2 is 1.85 bits per heavy atom. The third-order valence-electron chi connectivity index (χ3n) is 3.42. The van der Waals surface area contributed by atoms with Crippen molar-refractivity contribution in [3.05, 3.63) is 60.2 Å². The molecule has 0 spiro atoms. The number of benzene rings is 2. The van der Waals surface area contributed by atoms with Crippen molar-refractivity contribution in [1.29, 1.82) is 0 Å². The molecule has 3 N–H and O–H groups in total. The van der Waals surface area contributed by atoms with Gasteiger partial charge in [-0.15, -0.1) is 24.0 Å². The van der Waals surface area contributed by atoms with Gasteiger partial charge in [0.25, 0.3) is 0 Å². The Kier molecular flexibility index (Phi) is 10.9. The lowest BCUT2D eigenvalue weighted by Gasteiger charge is -2.12. The molecule has 0 aliphatic rings. The van der Waals surface area contributed by atoms with Gasteiger partial charge >= 0.3 is 0 Å². The van der Waals surface area contributed by atoms with Crippen LogP contribution in [-0.4, -0.2) is 31.6 Å². The van der Waals surface area contributed by atoms with Gasteiger partial charge in [-0.2, -0.15) is 0 Å². The first-order valence-corrected chi connectivity index (χ1v) is 8.74. The Labute approximate surface area is 177 Å². The summed E-state index contributed by atoms with van der Waals surface area (Å²) in [4.78, 5) is 15.7. The summed E-state index contributed by atoms with van der Waals surface area (Å²) in [6, 6.07) is 17.5. The van der Waals surface area contributed by atoms with E-state index in [-0.39, 0.29) is 29.9 Å². The number of aliphatic imine (C=N–C) groups is 1. The van der Waals surface area contributed by atoms with Gasteiger partial charge in [0, 0.05) is 25.2 Å². The maximum absolute atomic E-state index is 11.1. The molecule has 0 bridgehead atoms. The predicted molar refractivity (Wildman–Crippen MR) is 121 cm³/mol. The number of guanidine groups is 1. The van der Waals surface area contributed by atoms with Crippen LogP contribution in [-0.2, 0) is 11.3 Å². The van der Waals surface area contributed by atoms with Crippen LogP contribution < -0.4 is 20.7 Å². The van der Waals surface area contributed by atoms with Crippen LogP contribution in [0.4, 0.5) is 5.69 Å². The lowest BCUT2D eigenvalue weighted by Crippen LogP contribution is -2.39. The number of halogens is 1. The van der Waals surface area contributed by atoms with Crippen molar-refractivity contribution in [3.8, 4) is 5.75 Å². The topological polar surface area (TPSA) is 74.8 Å². The molecule has 7 heteroatoms. The molecule has 0 aliphatic carbocycles. The van der Waals surface area contributed by atoms with Gasteiger partial charge in [0.05, 0.1) is 13.1 Å². The number of nitrogens with zero attached hydrogens (tertiary/aromatic N) is 1. The van der Waals surface area contributed by atoms with E-state index in [1.165, 1.54) is 6.92 Å². The average molecular weight is 482 g/mol. The van der Waals surface area contributed by atoms with Crippen molar-refractivity contribution in [2.45, 2.75) is 20.4 Å². The molecule has 0 heterocycles. The first-order chi connectivity index (χ1) is 12.7. The Bertz CT molecular complexity index is 723. The van der Waals surface area contributed by atoms with Crippen molar-refractivity contribution in [2.24, 2.45) is 4.99 Å². The van der Waals surface area contributed by atoms with Crippen LogP contribution in [0.5, 0.6) is 5.75 Å². The molecule has 2 aromatic carbocycles. The second-order valence-corrected chi connectivity index (χ2v) is 5.67. The molecule has 0 radical (unpaired) electrons. The SMILES string of the molecule is CCNC(=NCc1ccccc1)NCCOc1cccc(NC(C)=O)c1.I. The number of hydrogen-bond donors (Lipinski definition) is 3. The number of ether oxygens (including phenoxy) is 1. The summed E-state index contributed by atoms with van der Waals surface area (Å²) >= 11 is 0. The standard InChI is InChI=1S/C20H26N4O2.HI/c1-3-21-20(23-15-17-8-5-4-6-9-17)22-12-13-26-19-11-7-10-18(14-19)24-16(2)25;/h4-11,14H,3,12-13,15H2,1-2H3,(H,24,25)(H2,21,22,23);1H. The zero-order chi connectivity index (χ0) is 18.6. The zero-order valence-electron chi connectivity index (χ0n) is 15.7. The van der Waals surface area contributed by atoms with Crippen LogP contribution in [0.15, 0.2) is 59.6 Å². The molecule has 0 unspecified atom stereocenters. The van der Waals surface area contributed by atoms with Crippen LogP contribution in [0.25, 0.3) is 0 Å². The minimum Gasteiger partial charge on any atom is -0.492 e. The molecule has 0 saturated heterocycles. The molecule has 0 aromatic heterocycles. The number of carbonyl (C=O) groups is 1. The Hall–Kier alpha value is -2.29. The van der Waals surface area contributed by atoms with Crippen molar-refractivity contribution >= 4 is 41.5 Å². The van der Waals surface area contributed by atoms with Gasteiger partial charge in [-0.25, -0.2) is 4.99 Å². The number of anilines is 1. The van der Waals surface area contributed by atoms with E-state index in [0.29, 0.717) is 25.4 Å². The molecular formula is C20H27IN4O2. The first-order valence-electron chi connectivity index (χ1n) is 8.74. The van der Waals surface area contributed by atoms with Crippen LogP contribution in [0, 0.1) is 0 Å². The molecule has 2 rings (SSSR count). The minimum atomic E-state index is -0.103. The van der Waals surface area contributed by atoms with Crippen molar-refractivity contribution in [1.82, 2.24) is 10.6 Å². The van der Waals surface area contributed by atoms with Gasteiger partial charge < -0.3 is 20.7 Å². The van der Waals surface area contributed by atoms with E-state index < -0.39 is 0 Å². The molecule has 2 aromatic rings. The minimum absolute atomic E-state index is 0. The second-order valence-electron chi connectivity index (χ2n) is 5.67. The average Bonchev–Trinajstić information content (AvgIpc) is 2.64. The van der Waals surface area contributed by atoms with Gasteiger partial charge in [0.15, 0.2) is 5.96 Å². The summed E-state index contributed by atoms with van der Waals surface area (Å²) in [5, 5.41) is 9.21. The normalized spacial score (nSPS) is 10.5. The summed E-state index contributed by atoms with van der Waals surface area (Å²) in [6.45, 7) is 6.03. The fraction of sp³-hybridized carbons (Fsp3) is 0.300. The highest BCUT2D eigenvalue weighted by molar-refractivity contribution is 14.0. The summed E-state index contributed by atoms with van der Waals surface area (Å²) in [5.74, 6) is 1.37. The second kappa shape index (κ2) is 13.0. The Balaban J connectivity index is 0.00000364. The van der Waals surface area contributed by atoms with Crippen LogP contribution >= 0.6 is 24.0 Å². The molecule has 0 atom stereocenters. The predicted octanol–water partition coefficient (Wildman–Crippen LogP) is 3.40. The van der Waals surface area contributed by atoms with Crippen molar-refractivity contribution in [3.63, 3.8) is 0 Å². The Morgan fingerprint density at radius 1 is 1.07 bits per heavy atom. The third kappa shape index (κ3) is 9.28. The van der Waals surface area contributed by atoms with Crippen LogP contribution in [0.1, 0.15) is 19.4 Å². The molecule has 0 saturated carbocycles. The van der Waals surface area contributed by atoms with E-state index in [4.69, 9.17) is 4.74 Å². The van der Waals surface area contributed by atoms with E-state index in [0.717, 1.165) is 23.8 Å². The fourth-order valence-electron chi connectivity index (χ4n) is 2.30. The van der Waals surface area contributed by atoms with Gasteiger partial charge in [-0.1, -0.05) is 36.4 Å². The van der Waals surface area contributed by atoms with Crippen LogP contribution in [0.3, 0.4) is 0 Å². The van der Waals surface area contributed by atoms with Gasteiger partial charge in [0.2, 0.25) is 5.91 Å². The maximum Gasteiger partial charge on any atom is 0.221 e. The third-order valence-corrected chi connectivity index (χ3v) is 3.42. The number of amides is 1. The lowest BCUT2D eigenvalue weighted by atomic mass is 10.2. The molecular weight excluding hydrogens is 455 g/mol. The molecule has 0 aliphatic heterocycles. The first kappa shape index (κ1) is 22.8. The van der Waals surface area contributed by atoms with Gasteiger partial charge in [-0.3, -0.25) is 4.79 Å². The van der Waals surface area contributed by atoms with Gasteiger partial charge in [0.1, 0.15) is 12.4 Å². The van der Waals surface area contributed by atoms with E-state index in [1.807, 2.05) is 43.3 Å². The summed E-state index contributed by atoms with van der Waals surface area (Å²) < 4.78 is 5.72. The molecule has 6 nitrogen and oxygen atoms in total. The summed E-state index contributed by atoms with van der Waals surface area (Å²) in [5.41, 5.74) is 1.89. The quantitative estimate of drug-likeness (QED) is 0.234. The highest BCUT2D eigenvalue weighted by atomic mass is 127. The smallest absolute Gasteiger partial charge is 0.221 e. The number of carbonyl (C=O) groups excluding carboxylic acids is 1. The Morgan fingerprint density at radius 3 is 2.56 bits per heavy atom. The van der Waals surface area contributed by atoms with E-state index in [9.17, 15) is 4.79 Å². The highest BCUT2D eigenvalue weighted by Gasteiger charge is 2.00.